The minimum Gasteiger partial charge on any atom is -0.466 e. The van der Waals surface area contributed by atoms with Crippen molar-refractivity contribution >= 4 is 12.1 Å². The molecule has 14 heavy (non-hydrogen) atoms. The highest BCUT2D eigenvalue weighted by atomic mass is 16.6. The summed E-state index contributed by atoms with van der Waals surface area (Å²) in [5.74, 6) is -0.366. The number of hydrogen-bond donors (Lipinski definition) is 2. The van der Waals surface area contributed by atoms with Crippen LogP contribution in [0.4, 0.5) is 4.79 Å². The third kappa shape index (κ3) is 7.35. The molecule has 0 spiro atoms. The van der Waals surface area contributed by atoms with Crippen LogP contribution in [0.1, 0.15) is 13.3 Å². The third-order valence-corrected chi connectivity index (χ3v) is 1.23. The summed E-state index contributed by atoms with van der Waals surface area (Å²) in [5.41, 5.74) is 0. The molecule has 82 valence electrons. The van der Waals surface area contributed by atoms with Gasteiger partial charge in [0, 0.05) is 6.54 Å². The fraction of sp³-hybridized carbons (Fsp3) is 0.750. The fourth-order valence-electron chi connectivity index (χ4n) is 0.689. The molecule has 0 bridgehead atoms. The van der Waals surface area contributed by atoms with Crippen LogP contribution in [0, 0.1) is 0 Å². The molecule has 0 aromatic heterocycles. The lowest BCUT2D eigenvalue weighted by molar-refractivity contribution is -0.142. The molecule has 1 amide bonds. The van der Waals surface area contributed by atoms with E-state index in [0.29, 0.717) is 6.61 Å². The summed E-state index contributed by atoms with van der Waals surface area (Å²) in [6.07, 6.45) is -0.537. The SMILES string of the molecule is CCOC(=O)CCNC(=O)OCCO. The zero-order valence-corrected chi connectivity index (χ0v) is 8.12. The minimum atomic E-state index is -0.650. The summed E-state index contributed by atoms with van der Waals surface area (Å²) >= 11 is 0. The van der Waals surface area contributed by atoms with Crippen molar-refractivity contribution in [3.63, 3.8) is 0 Å². The standard InChI is InChI=1S/C8H15NO5/c1-2-13-7(11)3-4-9-8(12)14-6-5-10/h10H,2-6H2,1H3,(H,9,12). The number of hydrogen-bond acceptors (Lipinski definition) is 5. The largest absolute Gasteiger partial charge is 0.466 e. The fourth-order valence-corrected chi connectivity index (χ4v) is 0.689. The Morgan fingerprint density at radius 3 is 2.64 bits per heavy atom. The van der Waals surface area contributed by atoms with Gasteiger partial charge in [-0.25, -0.2) is 4.79 Å². The molecule has 0 heterocycles. The van der Waals surface area contributed by atoms with Gasteiger partial charge in [-0.15, -0.1) is 0 Å². The first kappa shape index (κ1) is 12.7. The van der Waals surface area contributed by atoms with Crippen LogP contribution in [-0.2, 0) is 14.3 Å². The van der Waals surface area contributed by atoms with Gasteiger partial charge in [0.15, 0.2) is 0 Å². The average Bonchev–Trinajstić information content (AvgIpc) is 2.15. The van der Waals surface area contributed by atoms with E-state index in [1.807, 2.05) is 0 Å². The number of carbonyl (C=O) groups excluding carboxylic acids is 2. The van der Waals surface area contributed by atoms with E-state index in [1.165, 1.54) is 0 Å². The van der Waals surface area contributed by atoms with Gasteiger partial charge in [0.1, 0.15) is 6.61 Å². The molecule has 0 aromatic rings. The van der Waals surface area contributed by atoms with Crippen molar-refractivity contribution in [2.45, 2.75) is 13.3 Å². The van der Waals surface area contributed by atoms with Crippen LogP contribution in [0.15, 0.2) is 0 Å². The first-order valence-corrected chi connectivity index (χ1v) is 4.37. The maximum Gasteiger partial charge on any atom is 0.407 e. The van der Waals surface area contributed by atoms with Crippen molar-refractivity contribution in [1.29, 1.82) is 0 Å². The van der Waals surface area contributed by atoms with Crippen LogP contribution < -0.4 is 5.32 Å². The lowest BCUT2D eigenvalue weighted by Gasteiger charge is -2.05. The van der Waals surface area contributed by atoms with Gasteiger partial charge in [-0.2, -0.15) is 0 Å². The number of aliphatic hydroxyl groups excluding tert-OH is 1. The second-order valence-electron chi connectivity index (χ2n) is 2.34. The van der Waals surface area contributed by atoms with Crippen molar-refractivity contribution < 1.29 is 24.2 Å². The van der Waals surface area contributed by atoms with Crippen LogP contribution in [0.5, 0.6) is 0 Å². The zero-order chi connectivity index (χ0) is 10.8. The van der Waals surface area contributed by atoms with Crippen molar-refractivity contribution in [3.05, 3.63) is 0 Å². The maximum atomic E-state index is 10.8. The molecule has 6 heteroatoms. The molecule has 0 aliphatic heterocycles. The molecule has 0 saturated heterocycles. The topological polar surface area (TPSA) is 84.9 Å². The van der Waals surface area contributed by atoms with E-state index in [4.69, 9.17) is 5.11 Å². The molecule has 2 N–H and O–H groups in total. The molecule has 0 fully saturated rings. The van der Waals surface area contributed by atoms with Gasteiger partial charge in [-0.1, -0.05) is 0 Å². The van der Waals surface area contributed by atoms with E-state index in [2.05, 4.69) is 14.8 Å². The smallest absolute Gasteiger partial charge is 0.407 e. The molecule has 0 aromatic carbocycles. The summed E-state index contributed by atoms with van der Waals surface area (Å²) in [6.45, 7) is 1.94. The lowest BCUT2D eigenvalue weighted by atomic mass is 10.4. The molecule has 0 radical (unpaired) electrons. The monoisotopic (exact) mass is 205 g/mol. The first-order valence-electron chi connectivity index (χ1n) is 4.37. The van der Waals surface area contributed by atoms with E-state index in [0.717, 1.165) is 0 Å². The van der Waals surface area contributed by atoms with Gasteiger partial charge in [0.2, 0.25) is 0 Å². The zero-order valence-electron chi connectivity index (χ0n) is 8.12. The molecule has 0 rings (SSSR count). The highest BCUT2D eigenvalue weighted by Crippen LogP contribution is 1.85. The number of alkyl carbamates (subject to hydrolysis) is 1. The molecule has 0 aliphatic carbocycles. The van der Waals surface area contributed by atoms with Crippen molar-refractivity contribution in [3.8, 4) is 0 Å². The molecular formula is C8H15NO5. The summed E-state index contributed by atoms with van der Waals surface area (Å²) in [7, 11) is 0. The van der Waals surface area contributed by atoms with E-state index < -0.39 is 6.09 Å². The van der Waals surface area contributed by atoms with Gasteiger partial charge in [-0.05, 0) is 6.92 Å². The van der Waals surface area contributed by atoms with Gasteiger partial charge in [0.05, 0.1) is 19.6 Å². The average molecular weight is 205 g/mol. The highest BCUT2D eigenvalue weighted by Gasteiger charge is 2.04. The maximum absolute atomic E-state index is 10.8. The highest BCUT2D eigenvalue weighted by molar-refractivity contribution is 5.71. The number of carbonyl (C=O) groups is 2. The van der Waals surface area contributed by atoms with Crippen molar-refractivity contribution in [1.82, 2.24) is 5.32 Å². The van der Waals surface area contributed by atoms with E-state index in [-0.39, 0.29) is 32.1 Å². The summed E-state index contributed by atoms with van der Waals surface area (Å²) in [4.78, 5) is 21.5. The lowest BCUT2D eigenvalue weighted by Crippen LogP contribution is -2.28. The number of esters is 1. The van der Waals surface area contributed by atoms with Crippen molar-refractivity contribution in [2.75, 3.05) is 26.4 Å². The summed E-state index contributed by atoms with van der Waals surface area (Å²) in [6, 6.07) is 0. The second kappa shape index (κ2) is 8.31. The van der Waals surface area contributed by atoms with Gasteiger partial charge in [-0.3, -0.25) is 4.79 Å². The van der Waals surface area contributed by atoms with Crippen LogP contribution in [0.2, 0.25) is 0 Å². The van der Waals surface area contributed by atoms with Crippen LogP contribution in [-0.4, -0.2) is 43.5 Å². The van der Waals surface area contributed by atoms with E-state index >= 15 is 0 Å². The number of rotatable bonds is 6. The van der Waals surface area contributed by atoms with Gasteiger partial charge in [0.25, 0.3) is 0 Å². The Bertz CT molecular complexity index is 183. The number of amides is 1. The molecule has 0 atom stereocenters. The number of ether oxygens (including phenoxy) is 2. The van der Waals surface area contributed by atoms with Gasteiger partial charge >= 0.3 is 12.1 Å². The Balaban J connectivity index is 3.34. The van der Waals surface area contributed by atoms with Crippen LogP contribution >= 0.6 is 0 Å². The van der Waals surface area contributed by atoms with Gasteiger partial charge < -0.3 is 19.9 Å². The third-order valence-electron chi connectivity index (χ3n) is 1.23. The minimum absolute atomic E-state index is 0.0504. The van der Waals surface area contributed by atoms with E-state index in [1.54, 1.807) is 6.92 Å². The Kier molecular flexibility index (Phi) is 7.53. The van der Waals surface area contributed by atoms with Crippen LogP contribution in [0.3, 0.4) is 0 Å². The Morgan fingerprint density at radius 1 is 1.36 bits per heavy atom. The predicted octanol–water partition coefficient (Wildman–Crippen LogP) is -0.342. The van der Waals surface area contributed by atoms with E-state index in [9.17, 15) is 9.59 Å². The normalized spacial score (nSPS) is 9.29. The summed E-state index contributed by atoms with van der Waals surface area (Å²) in [5, 5.41) is 10.7. The Morgan fingerprint density at radius 2 is 2.07 bits per heavy atom. The molecule has 0 aliphatic rings. The van der Waals surface area contributed by atoms with Crippen molar-refractivity contribution in [2.24, 2.45) is 0 Å². The number of nitrogens with one attached hydrogen (secondary N) is 1. The molecule has 0 saturated carbocycles. The number of aliphatic hydroxyl groups is 1. The molecule has 6 nitrogen and oxygen atoms in total. The second-order valence-corrected chi connectivity index (χ2v) is 2.34. The Labute approximate surface area is 82.2 Å². The molecular weight excluding hydrogens is 190 g/mol. The predicted molar refractivity (Wildman–Crippen MR) is 47.7 cm³/mol. The first-order chi connectivity index (χ1) is 6.70. The van der Waals surface area contributed by atoms with Crippen LogP contribution in [0.25, 0.3) is 0 Å². The quantitative estimate of drug-likeness (QED) is 0.579. The molecule has 0 unspecified atom stereocenters. The Hall–Kier alpha value is -1.30. The summed E-state index contributed by atoms with van der Waals surface area (Å²) < 4.78 is 9.11.